The quantitative estimate of drug-likeness (QED) is 0.562. The summed E-state index contributed by atoms with van der Waals surface area (Å²) in [4.78, 5) is 12.0. The van der Waals surface area contributed by atoms with E-state index in [1.54, 1.807) is 43.3 Å². The molecule has 0 radical (unpaired) electrons. The third kappa shape index (κ3) is 5.78. The predicted molar refractivity (Wildman–Crippen MR) is 105 cm³/mol. The molecule has 0 aliphatic carbocycles. The van der Waals surface area contributed by atoms with E-state index >= 15 is 0 Å². The third-order valence-electron chi connectivity index (χ3n) is 3.58. The lowest BCUT2D eigenvalue weighted by Gasteiger charge is -2.11. The van der Waals surface area contributed by atoms with Crippen LogP contribution in [0.2, 0.25) is 5.02 Å². The van der Waals surface area contributed by atoms with E-state index in [2.05, 4.69) is 10.5 Å². The number of hydrogen-bond donors (Lipinski definition) is 1. The molecule has 0 aliphatic rings. The van der Waals surface area contributed by atoms with E-state index in [0.717, 1.165) is 4.31 Å². The van der Waals surface area contributed by atoms with Gasteiger partial charge in [0, 0.05) is 19.1 Å². The number of hydrazone groups is 1. The molecule has 27 heavy (non-hydrogen) atoms. The van der Waals surface area contributed by atoms with Crippen LogP contribution in [0.3, 0.4) is 0 Å². The first kappa shape index (κ1) is 20.9. The maximum Gasteiger partial charge on any atom is 0.277 e. The molecule has 0 fully saturated rings. The van der Waals surface area contributed by atoms with Gasteiger partial charge in [0.1, 0.15) is 5.75 Å². The molecule has 9 heteroatoms. The molecule has 2 aromatic rings. The summed E-state index contributed by atoms with van der Waals surface area (Å²) in [5, 5.41) is 4.58. The summed E-state index contributed by atoms with van der Waals surface area (Å²) in [5.41, 5.74) is 3.61. The van der Waals surface area contributed by atoms with E-state index in [4.69, 9.17) is 16.3 Å². The first-order valence-electron chi connectivity index (χ1n) is 7.94. The van der Waals surface area contributed by atoms with Gasteiger partial charge in [0.25, 0.3) is 5.91 Å². The Kier molecular flexibility index (Phi) is 6.95. The van der Waals surface area contributed by atoms with Crippen LogP contribution in [-0.2, 0) is 14.8 Å². The van der Waals surface area contributed by atoms with Gasteiger partial charge in [0.15, 0.2) is 6.61 Å². The van der Waals surface area contributed by atoms with Crippen LogP contribution in [0.15, 0.2) is 58.5 Å². The first-order valence-corrected chi connectivity index (χ1v) is 9.76. The fraction of sp³-hybridized carbons (Fsp3) is 0.222. The van der Waals surface area contributed by atoms with E-state index in [1.165, 1.54) is 26.2 Å². The SMILES string of the molecule is C/C(=N/NC(=O)COc1ccc(Cl)cc1)c1ccc(S(=O)(=O)N(C)C)cc1. The van der Waals surface area contributed by atoms with Crippen molar-refractivity contribution >= 4 is 33.2 Å². The van der Waals surface area contributed by atoms with Crippen molar-refractivity contribution in [3.05, 3.63) is 59.1 Å². The molecular formula is C18H20ClN3O4S. The van der Waals surface area contributed by atoms with Crippen LogP contribution in [0.1, 0.15) is 12.5 Å². The van der Waals surface area contributed by atoms with Gasteiger partial charge in [-0.2, -0.15) is 5.10 Å². The van der Waals surface area contributed by atoms with Crippen molar-refractivity contribution in [1.82, 2.24) is 9.73 Å². The molecule has 0 saturated carbocycles. The van der Waals surface area contributed by atoms with Crippen LogP contribution in [0.5, 0.6) is 5.75 Å². The second-order valence-corrected chi connectivity index (χ2v) is 8.37. The summed E-state index contributed by atoms with van der Waals surface area (Å²) in [6.45, 7) is 1.51. The van der Waals surface area contributed by atoms with Crippen molar-refractivity contribution in [1.29, 1.82) is 0 Å². The van der Waals surface area contributed by atoms with Crippen molar-refractivity contribution in [3.63, 3.8) is 0 Å². The fourth-order valence-corrected chi connectivity index (χ4v) is 3.03. The number of amides is 1. The topological polar surface area (TPSA) is 88.1 Å². The molecule has 0 atom stereocenters. The third-order valence-corrected chi connectivity index (χ3v) is 5.66. The number of nitrogens with one attached hydrogen (secondary N) is 1. The van der Waals surface area contributed by atoms with Crippen LogP contribution in [0.25, 0.3) is 0 Å². The molecule has 0 bridgehead atoms. The predicted octanol–water partition coefficient (Wildman–Crippen LogP) is 2.51. The smallest absolute Gasteiger partial charge is 0.277 e. The summed E-state index contributed by atoms with van der Waals surface area (Å²) in [6.07, 6.45) is 0. The van der Waals surface area contributed by atoms with Crippen LogP contribution in [0, 0.1) is 0 Å². The zero-order valence-corrected chi connectivity index (χ0v) is 16.7. The summed E-state index contributed by atoms with van der Waals surface area (Å²) in [5.74, 6) is 0.101. The summed E-state index contributed by atoms with van der Waals surface area (Å²) >= 11 is 5.78. The van der Waals surface area contributed by atoms with E-state index in [0.29, 0.717) is 22.0 Å². The van der Waals surface area contributed by atoms with Gasteiger partial charge in [0.05, 0.1) is 10.6 Å². The monoisotopic (exact) mass is 409 g/mol. The summed E-state index contributed by atoms with van der Waals surface area (Å²) < 4.78 is 30.6. The maximum atomic E-state index is 12.1. The number of sulfonamides is 1. The highest BCUT2D eigenvalue weighted by atomic mass is 35.5. The Morgan fingerprint density at radius 2 is 1.70 bits per heavy atom. The normalized spacial score (nSPS) is 12.1. The average molecular weight is 410 g/mol. The number of benzene rings is 2. The van der Waals surface area contributed by atoms with Crippen LogP contribution >= 0.6 is 11.6 Å². The molecule has 0 unspecified atom stereocenters. The minimum atomic E-state index is -3.48. The number of hydrogen-bond acceptors (Lipinski definition) is 5. The van der Waals surface area contributed by atoms with Crippen molar-refractivity contribution in [2.75, 3.05) is 20.7 Å². The van der Waals surface area contributed by atoms with Crippen molar-refractivity contribution in [2.24, 2.45) is 5.10 Å². The Morgan fingerprint density at radius 1 is 1.11 bits per heavy atom. The number of carbonyl (C=O) groups is 1. The molecular weight excluding hydrogens is 390 g/mol. The lowest BCUT2D eigenvalue weighted by molar-refractivity contribution is -0.123. The number of ether oxygens (including phenoxy) is 1. The number of nitrogens with zero attached hydrogens (tertiary/aromatic N) is 2. The highest BCUT2D eigenvalue weighted by Crippen LogP contribution is 2.16. The van der Waals surface area contributed by atoms with Crippen molar-refractivity contribution in [2.45, 2.75) is 11.8 Å². The van der Waals surface area contributed by atoms with Crippen LogP contribution in [0.4, 0.5) is 0 Å². The van der Waals surface area contributed by atoms with E-state index in [1.807, 2.05) is 0 Å². The minimum absolute atomic E-state index is 0.185. The lowest BCUT2D eigenvalue weighted by Crippen LogP contribution is -2.25. The summed E-state index contributed by atoms with van der Waals surface area (Å²) in [6, 6.07) is 12.9. The standard InChI is InChI=1S/C18H20ClN3O4S/c1-13(14-4-10-17(11-5-14)27(24,25)22(2)3)20-21-18(23)12-26-16-8-6-15(19)7-9-16/h4-11H,12H2,1-3H3,(H,21,23)/b20-13-. The van der Waals surface area contributed by atoms with Crippen LogP contribution in [-0.4, -0.2) is 45.0 Å². The number of rotatable bonds is 7. The molecule has 1 N–H and O–H groups in total. The molecule has 0 saturated heterocycles. The van der Waals surface area contributed by atoms with Crippen molar-refractivity contribution in [3.8, 4) is 5.75 Å². The lowest BCUT2D eigenvalue weighted by atomic mass is 10.1. The molecule has 0 spiro atoms. The zero-order valence-electron chi connectivity index (χ0n) is 15.1. The van der Waals surface area contributed by atoms with Gasteiger partial charge in [-0.05, 0) is 48.9 Å². The van der Waals surface area contributed by atoms with Gasteiger partial charge in [-0.3, -0.25) is 4.79 Å². The van der Waals surface area contributed by atoms with E-state index in [-0.39, 0.29) is 11.5 Å². The van der Waals surface area contributed by atoms with Gasteiger partial charge in [-0.15, -0.1) is 0 Å². The Morgan fingerprint density at radius 3 is 2.26 bits per heavy atom. The largest absolute Gasteiger partial charge is 0.484 e. The van der Waals surface area contributed by atoms with Gasteiger partial charge in [-0.1, -0.05) is 23.7 Å². The minimum Gasteiger partial charge on any atom is -0.484 e. The van der Waals surface area contributed by atoms with Gasteiger partial charge >= 0.3 is 0 Å². The fourth-order valence-electron chi connectivity index (χ4n) is 2.00. The van der Waals surface area contributed by atoms with Crippen molar-refractivity contribution < 1.29 is 17.9 Å². The first-order chi connectivity index (χ1) is 12.7. The number of carbonyl (C=O) groups excluding carboxylic acids is 1. The van der Waals surface area contributed by atoms with Gasteiger partial charge in [-0.25, -0.2) is 18.1 Å². The summed E-state index contributed by atoms with van der Waals surface area (Å²) in [7, 11) is -0.543. The Balaban J connectivity index is 1.94. The molecule has 7 nitrogen and oxygen atoms in total. The Labute approximate surface area is 163 Å². The molecule has 2 rings (SSSR count). The Bertz CT molecular complexity index is 924. The average Bonchev–Trinajstić information content (AvgIpc) is 2.65. The van der Waals surface area contributed by atoms with Gasteiger partial charge < -0.3 is 4.74 Å². The Hall–Kier alpha value is -2.42. The second-order valence-electron chi connectivity index (χ2n) is 5.79. The number of halogens is 1. The highest BCUT2D eigenvalue weighted by molar-refractivity contribution is 7.89. The highest BCUT2D eigenvalue weighted by Gasteiger charge is 2.16. The van der Waals surface area contributed by atoms with E-state index in [9.17, 15) is 13.2 Å². The maximum absolute atomic E-state index is 12.1. The molecule has 0 heterocycles. The van der Waals surface area contributed by atoms with E-state index < -0.39 is 15.9 Å². The molecule has 1 amide bonds. The molecule has 144 valence electrons. The van der Waals surface area contributed by atoms with Crippen LogP contribution < -0.4 is 10.2 Å². The van der Waals surface area contributed by atoms with Gasteiger partial charge in [0.2, 0.25) is 10.0 Å². The zero-order chi connectivity index (χ0) is 20.0. The molecule has 0 aromatic heterocycles. The second kappa shape index (κ2) is 8.98. The molecule has 2 aromatic carbocycles. The molecule has 0 aliphatic heterocycles.